The van der Waals surface area contributed by atoms with Gasteiger partial charge in [0.25, 0.3) is 0 Å². The standard InChI is InChI=1S/C10H11Br2NO/c1-2-3-4-5-13-7-8-6-9(11)10(12)14-8/h6,13H,4-5,7H2,1H3. The molecule has 2 nitrogen and oxygen atoms in total. The fraction of sp³-hybridized carbons (Fsp3) is 0.400. The van der Waals surface area contributed by atoms with Gasteiger partial charge in [-0.15, -0.1) is 11.8 Å². The summed E-state index contributed by atoms with van der Waals surface area (Å²) >= 11 is 6.65. The third-order valence-corrected chi connectivity index (χ3v) is 3.31. The summed E-state index contributed by atoms with van der Waals surface area (Å²) in [5, 5.41) is 3.24. The number of furan rings is 1. The van der Waals surface area contributed by atoms with E-state index in [0.717, 1.165) is 34.4 Å². The quantitative estimate of drug-likeness (QED) is 0.680. The second-order valence-electron chi connectivity index (χ2n) is 2.69. The molecule has 0 aliphatic rings. The highest BCUT2D eigenvalue weighted by Gasteiger charge is 2.04. The van der Waals surface area contributed by atoms with E-state index in [4.69, 9.17) is 4.42 Å². The summed E-state index contributed by atoms with van der Waals surface area (Å²) < 4.78 is 7.08. The Morgan fingerprint density at radius 2 is 2.29 bits per heavy atom. The van der Waals surface area contributed by atoms with Crippen molar-refractivity contribution in [2.45, 2.75) is 19.9 Å². The van der Waals surface area contributed by atoms with Gasteiger partial charge in [-0.05, 0) is 44.8 Å². The zero-order valence-electron chi connectivity index (χ0n) is 7.86. The van der Waals surface area contributed by atoms with Gasteiger partial charge in [0.1, 0.15) is 5.76 Å². The SMILES string of the molecule is CC#CCCNCc1cc(Br)c(Br)o1. The van der Waals surface area contributed by atoms with Crippen LogP contribution >= 0.6 is 31.9 Å². The predicted octanol–water partition coefficient (Wildman–Crippen LogP) is 3.31. The van der Waals surface area contributed by atoms with Gasteiger partial charge in [-0.25, -0.2) is 0 Å². The largest absolute Gasteiger partial charge is 0.452 e. The number of hydrogen-bond donors (Lipinski definition) is 1. The van der Waals surface area contributed by atoms with Crippen molar-refractivity contribution in [3.05, 3.63) is 21.0 Å². The molecule has 0 aliphatic carbocycles. The first-order valence-corrected chi connectivity index (χ1v) is 5.86. The zero-order chi connectivity index (χ0) is 10.4. The zero-order valence-corrected chi connectivity index (χ0v) is 11.0. The average molecular weight is 321 g/mol. The molecule has 1 aromatic heterocycles. The summed E-state index contributed by atoms with van der Waals surface area (Å²) in [6, 6.07) is 1.95. The van der Waals surface area contributed by atoms with Crippen molar-refractivity contribution in [2.24, 2.45) is 0 Å². The molecule has 1 heterocycles. The summed E-state index contributed by atoms with van der Waals surface area (Å²) in [5.41, 5.74) is 0. The molecular weight excluding hydrogens is 310 g/mol. The smallest absolute Gasteiger partial charge is 0.183 e. The highest BCUT2D eigenvalue weighted by atomic mass is 79.9. The average Bonchev–Trinajstić information content (AvgIpc) is 2.46. The molecule has 0 saturated carbocycles. The van der Waals surface area contributed by atoms with E-state index in [2.05, 4.69) is 49.0 Å². The lowest BCUT2D eigenvalue weighted by Crippen LogP contribution is -2.13. The maximum atomic E-state index is 5.39. The summed E-state index contributed by atoms with van der Waals surface area (Å²) in [4.78, 5) is 0. The molecule has 76 valence electrons. The lowest BCUT2D eigenvalue weighted by atomic mass is 10.4. The minimum absolute atomic E-state index is 0.732. The fourth-order valence-electron chi connectivity index (χ4n) is 0.966. The first kappa shape index (κ1) is 11.8. The summed E-state index contributed by atoms with van der Waals surface area (Å²) in [5.74, 6) is 6.75. The molecule has 4 heteroatoms. The van der Waals surface area contributed by atoms with Crippen LogP contribution in [0.5, 0.6) is 0 Å². The van der Waals surface area contributed by atoms with Crippen LogP contribution in [0.25, 0.3) is 0 Å². The normalized spacial score (nSPS) is 9.64. The molecule has 0 aromatic carbocycles. The van der Waals surface area contributed by atoms with E-state index in [-0.39, 0.29) is 0 Å². The molecule has 0 unspecified atom stereocenters. The first-order chi connectivity index (χ1) is 6.74. The molecule has 0 atom stereocenters. The maximum absolute atomic E-state index is 5.39. The molecule has 0 spiro atoms. The first-order valence-electron chi connectivity index (χ1n) is 4.28. The van der Waals surface area contributed by atoms with Crippen LogP contribution in [0.15, 0.2) is 19.6 Å². The molecule has 14 heavy (non-hydrogen) atoms. The van der Waals surface area contributed by atoms with Crippen LogP contribution in [-0.2, 0) is 6.54 Å². The van der Waals surface area contributed by atoms with Crippen molar-refractivity contribution in [3.63, 3.8) is 0 Å². The topological polar surface area (TPSA) is 25.2 Å². The predicted molar refractivity (Wildman–Crippen MR) is 63.9 cm³/mol. The van der Waals surface area contributed by atoms with E-state index in [9.17, 15) is 0 Å². The van der Waals surface area contributed by atoms with Crippen LogP contribution in [0.2, 0.25) is 0 Å². The summed E-state index contributed by atoms with van der Waals surface area (Å²) in [6.45, 7) is 3.47. The lowest BCUT2D eigenvalue weighted by molar-refractivity contribution is 0.466. The van der Waals surface area contributed by atoms with Crippen molar-refractivity contribution >= 4 is 31.9 Å². The third-order valence-electron chi connectivity index (χ3n) is 1.60. The van der Waals surface area contributed by atoms with Gasteiger partial charge in [-0.2, -0.15) is 0 Å². The van der Waals surface area contributed by atoms with Gasteiger partial charge in [0.05, 0.1) is 11.0 Å². The molecule has 0 saturated heterocycles. The van der Waals surface area contributed by atoms with Gasteiger partial charge >= 0.3 is 0 Å². The molecule has 0 radical (unpaired) electrons. The Hall–Kier alpha value is -0.240. The van der Waals surface area contributed by atoms with Gasteiger partial charge in [0.2, 0.25) is 0 Å². The minimum Gasteiger partial charge on any atom is -0.452 e. The van der Waals surface area contributed by atoms with Gasteiger partial charge in [0.15, 0.2) is 4.67 Å². The Balaban J connectivity index is 2.27. The molecule has 1 rings (SSSR count). The monoisotopic (exact) mass is 319 g/mol. The van der Waals surface area contributed by atoms with Gasteiger partial charge in [-0.3, -0.25) is 0 Å². The molecule has 1 N–H and O–H groups in total. The van der Waals surface area contributed by atoms with Crippen LogP contribution in [0.4, 0.5) is 0 Å². The Morgan fingerprint density at radius 1 is 1.50 bits per heavy atom. The van der Waals surface area contributed by atoms with Crippen molar-refractivity contribution < 1.29 is 4.42 Å². The molecule has 0 amide bonds. The van der Waals surface area contributed by atoms with E-state index < -0.39 is 0 Å². The Kier molecular flexibility index (Phi) is 5.31. The van der Waals surface area contributed by atoms with Gasteiger partial charge in [-0.1, -0.05) is 0 Å². The molecule has 0 fully saturated rings. The molecular formula is C10H11Br2NO. The van der Waals surface area contributed by atoms with Gasteiger partial charge in [0, 0.05) is 13.0 Å². The Labute approximate surface area is 101 Å². The van der Waals surface area contributed by atoms with E-state index in [0.29, 0.717) is 0 Å². The summed E-state index contributed by atoms with van der Waals surface area (Å²) in [6.07, 6.45) is 0.875. The van der Waals surface area contributed by atoms with Crippen molar-refractivity contribution in [3.8, 4) is 11.8 Å². The summed E-state index contributed by atoms with van der Waals surface area (Å²) in [7, 11) is 0. The molecule has 0 aliphatic heterocycles. The van der Waals surface area contributed by atoms with Gasteiger partial charge < -0.3 is 9.73 Å². The second kappa shape index (κ2) is 6.28. The van der Waals surface area contributed by atoms with E-state index in [1.54, 1.807) is 0 Å². The number of hydrogen-bond acceptors (Lipinski definition) is 2. The van der Waals surface area contributed by atoms with Crippen molar-refractivity contribution in [1.82, 2.24) is 5.32 Å². The minimum atomic E-state index is 0.732. The van der Waals surface area contributed by atoms with E-state index >= 15 is 0 Å². The third kappa shape index (κ3) is 3.87. The Bertz CT molecular complexity index is 329. The number of rotatable bonds is 4. The van der Waals surface area contributed by atoms with Crippen LogP contribution in [0, 0.1) is 11.8 Å². The Morgan fingerprint density at radius 3 is 2.86 bits per heavy atom. The highest BCUT2D eigenvalue weighted by Crippen LogP contribution is 2.26. The molecule has 0 bridgehead atoms. The van der Waals surface area contributed by atoms with Crippen molar-refractivity contribution in [1.29, 1.82) is 0 Å². The van der Waals surface area contributed by atoms with E-state index in [1.807, 2.05) is 13.0 Å². The number of halogens is 2. The van der Waals surface area contributed by atoms with Crippen molar-refractivity contribution in [2.75, 3.05) is 6.54 Å². The fourth-order valence-corrected chi connectivity index (χ4v) is 1.62. The van der Waals surface area contributed by atoms with Crippen LogP contribution in [0.1, 0.15) is 19.1 Å². The number of nitrogens with one attached hydrogen (secondary N) is 1. The molecule has 1 aromatic rings. The van der Waals surface area contributed by atoms with Crippen LogP contribution in [0.3, 0.4) is 0 Å². The maximum Gasteiger partial charge on any atom is 0.183 e. The van der Waals surface area contributed by atoms with Crippen LogP contribution in [-0.4, -0.2) is 6.54 Å². The second-order valence-corrected chi connectivity index (χ2v) is 4.26. The lowest BCUT2D eigenvalue weighted by Gasteiger charge is -1.97. The van der Waals surface area contributed by atoms with Crippen LogP contribution < -0.4 is 5.32 Å². The highest BCUT2D eigenvalue weighted by molar-refractivity contribution is 9.13. The van der Waals surface area contributed by atoms with E-state index in [1.165, 1.54) is 0 Å².